The topological polar surface area (TPSA) is 123 Å². The number of carbonyl (C=O) groups is 1. The molecule has 0 saturated heterocycles. The van der Waals surface area contributed by atoms with Gasteiger partial charge in [-0.3, -0.25) is 4.79 Å². The first-order valence-electron chi connectivity index (χ1n) is 8.98. The maximum Gasteiger partial charge on any atom is 0.380 e. The van der Waals surface area contributed by atoms with Gasteiger partial charge in [-0.25, -0.2) is 0 Å². The highest BCUT2D eigenvalue weighted by Gasteiger charge is 2.24. The van der Waals surface area contributed by atoms with Crippen LogP contribution in [-0.2, 0) is 10.3 Å². The van der Waals surface area contributed by atoms with E-state index in [2.05, 4.69) is 0 Å². The summed E-state index contributed by atoms with van der Waals surface area (Å²) in [5.74, 6) is 0.166. The van der Waals surface area contributed by atoms with Gasteiger partial charge in [0, 0.05) is 12.6 Å². The molecule has 0 aliphatic carbocycles. The summed E-state index contributed by atoms with van der Waals surface area (Å²) in [4.78, 5) is 14.2. The number of hydrogen-bond acceptors (Lipinski definition) is 6. The van der Waals surface area contributed by atoms with Crippen molar-refractivity contribution in [2.24, 2.45) is 5.14 Å². The summed E-state index contributed by atoms with van der Waals surface area (Å²) in [6.07, 6.45) is 0. The Balaban J connectivity index is 1.96. The van der Waals surface area contributed by atoms with Crippen molar-refractivity contribution in [2.75, 3.05) is 11.9 Å². The lowest BCUT2D eigenvalue weighted by Crippen LogP contribution is -2.28. The van der Waals surface area contributed by atoms with Crippen LogP contribution in [-0.4, -0.2) is 26.5 Å². The molecule has 0 bridgehead atoms. The molecular weight excluding hydrogens is 408 g/mol. The van der Waals surface area contributed by atoms with E-state index in [1.165, 1.54) is 24.1 Å². The Morgan fingerprint density at radius 2 is 1.70 bits per heavy atom. The molecular formula is C21H22N2O6S. The summed E-state index contributed by atoms with van der Waals surface area (Å²) in [7, 11) is -2.78. The molecule has 8 nitrogen and oxygen atoms in total. The van der Waals surface area contributed by atoms with E-state index in [1.807, 2.05) is 0 Å². The normalized spacial score (nSPS) is 11.4. The van der Waals surface area contributed by atoms with Gasteiger partial charge in [0.15, 0.2) is 11.5 Å². The molecule has 3 rings (SSSR count). The smallest absolute Gasteiger partial charge is 0.380 e. The van der Waals surface area contributed by atoms with Crippen molar-refractivity contribution in [1.82, 2.24) is 0 Å². The Hall–Kier alpha value is -3.30. The summed E-state index contributed by atoms with van der Waals surface area (Å²) in [6, 6.07) is 11.4. The van der Waals surface area contributed by atoms with E-state index in [0.29, 0.717) is 22.5 Å². The highest BCUT2D eigenvalue weighted by molar-refractivity contribution is 7.84. The Kier molecular flexibility index (Phi) is 5.60. The van der Waals surface area contributed by atoms with Gasteiger partial charge in [-0.15, -0.1) is 0 Å². The number of phenols is 1. The molecule has 3 aromatic rings. The van der Waals surface area contributed by atoms with E-state index in [0.717, 1.165) is 5.56 Å². The van der Waals surface area contributed by atoms with Gasteiger partial charge in [0.1, 0.15) is 11.5 Å². The van der Waals surface area contributed by atoms with Crippen molar-refractivity contribution in [3.8, 4) is 22.8 Å². The third-order valence-corrected chi connectivity index (χ3v) is 5.05. The highest BCUT2D eigenvalue weighted by atomic mass is 32.2. The monoisotopic (exact) mass is 430 g/mol. The molecule has 30 heavy (non-hydrogen) atoms. The second-order valence-corrected chi connectivity index (χ2v) is 8.14. The molecule has 0 fully saturated rings. The van der Waals surface area contributed by atoms with Crippen molar-refractivity contribution >= 4 is 21.9 Å². The van der Waals surface area contributed by atoms with Gasteiger partial charge in [0.05, 0.1) is 5.69 Å². The molecule has 1 amide bonds. The largest absolute Gasteiger partial charge is 0.507 e. The Morgan fingerprint density at radius 3 is 2.30 bits per heavy atom. The lowest BCUT2D eigenvalue weighted by atomic mass is 10.0. The number of aryl methyl sites for hydroxylation is 3. The number of nitrogens with zero attached hydrogens (tertiary/aromatic N) is 1. The first-order valence-corrected chi connectivity index (χ1v) is 10.5. The van der Waals surface area contributed by atoms with E-state index >= 15 is 0 Å². The van der Waals surface area contributed by atoms with Gasteiger partial charge in [0.2, 0.25) is 0 Å². The highest BCUT2D eigenvalue weighted by Crippen LogP contribution is 2.34. The number of rotatable bonds is 5. The fraction of sp³-hybridized carbons (Fsp3) is 0.190. The lowest BCUT2D eigenvalue weighted by molar-refractivity contribution is 0.0966. The molecule has 158 valence electrons. The zero-order valence-corrected chi connectivity index (χ0v) is 17.8. The quantitative estimate of drug-likeness (QED) is 0.639. The van der Waals surface area contributed by atoms with Crippen molar-refractivity contribution in [3.05, 3.63) is 64.9 Å². The van der Waals surface area contributed by atoms with Gasteiger partial charge in [-0.1, -0.05) is 12.1 Å². The van der Waals surface area contributed by atoms with Crippen LogP contribution in [0.1, 0.15) is 27.2 Å². The molecule has 0 saturated carbocycles. The molecule has 0 aliphatic rings. The molecule has 1 aromatic heterocycles. The summed E-state index contributed by atoms with van der Waals surface area (Å²) in [5, 5.41) is 14.9. The van der Waals surface area contributed by atoms with Crippen LogP contribution in [0.2, 0.25) is 0 Å². The number of nitrogens with two attached hydrogens (primary N) is 1. The van der Waals surface area contributed by atoms with E-state index in [1.54, 1.807) is 51.1 Å². The Bertz CT molecular complexity index is 1210. The van der Waals surface area contributed by atoms with Gasteiger partial charge in [-0.05, 0) is 67.8 Å². The van der Waals surface area contributed by atoms with Gasteiger partial charge in [0.25, 0.3) is 5.91 Å². The van der Waals surface area contributed by atoms with E-state index < -0.39 is 16.2 Å². The third-order valence-electron chi connectivity index (χ3n) is 4.64. The summed E-state index contributed by atoms with van der Waals surface area (Å²) < 4.78 is 33.3. The predicted molar refractivity (Wildman–Crippen MR) is 113 cm³/mol. The van der Waals surface area contributed by atoms with Crippen molar-refractivity contribution in [3.63, 3.8) is 0 Å². The average molecular weight is 430 g/mol. The third kappa shape index (κ3) is 4.32. The molecule has 0 spiro atoms. The van der Waals surface area contributed by atoms with E-state index in [9.17, 15) is 18.3 Å². The average Bonchev–Trinajstić information content (AvgIpc) is 3.13. The fourth-order valence-electron chi connectivity index (χ4n) is 3.23. The zero-order chi connectivity index (χ0) is 22.2. The summed E-state index contributed by atoms with van der Waals surface area (Å²) in [5.41, 5.74) is 2.97. The van der Waals surface area contributed by atoms with Crippen LogP contribution in [0.3, 0.4) is 0 Å². The molecule has 1 heterocycles. The summed E-state index contributed by atoms with van der Waals surface area (Å²) in [6.45, 7) is 5.27. The van der Waals surface area contributed by atoms with E-state index in [4.69, 9.17) is 13.7 Å². The minimum Gasteiger partial charge on any atom is -0.507 e. The first-order chi connectivity index (χ1) is 14.0. The second kappa shape index (κ2) is 7.85. The van der Waals surface area contributed by atoms with Crippen molar-refractivity contribution < 1.29 is 26.9 Å². The number of aromatic hydroxyl groups is 1. The standard InChI is InChI=1S/C21H22N2O6S/c1-12-6-5-7-17(29-30(22,26)27)19(12)23(4)21(25)18-9-8-16(28-18)15-10-13(2)20(24)14(3)11-15/h5-11,24H,1-4H3,(H2,22,26,27). The molecule has 0 unspecified atom stereocenters. The first kappa shape index (κ1) is 21.4. The molecule has 0 aliphatic heterocycles. The molecule has 0 radical (unpaired) electrons. The number of hydrogen-bond donors (Lipinski definition) is 2. The maximum absolute atomic E-state index is 13.0. The van der Waals surface area contributed by atoms with E-state index in [-0.39, 0.29) is 22.9 Å². The number of carbonyl (C=O) groups excluding carboxylic acids is 1. The fourth-order valence-corrected chi connectivity index (χ4v) is 3.61. The Morgan fingerprint density at radius 1 is 1.07 bits per heavy atom. The number of amides is 1. The molecule has 2 aromatic carbocycles. The van der Waals surface area contributed by atoms with Gasteiger partial charge >= 0.3 is 10.3 Å². The second-order valence-electron chi connectivity index (χ2n) is 6.98. The summed E-state index contributed by atoms with van der Waals surface area (Å²) >= 11 is 0. The minimum absolute atomic E-state index is 0.0562. The van der Waals surface area contributed by atoms with Gasteiger partial charge < -0.3 is 18.6 Å². The molecule has 9 heteroatoms. The maximum atomic E-state index is 13.0. The van der Waals surface area contributed by atoms with Crippen LogP contribution < -0.4 is 14.2 Å². The van der Waals surface area contributed by atoms with Crippen LogP contribution in [0, 0.1) is 20.8 Å². The van der Waals surface area contributed by atoms with Crippen molar-refractivity contribution in [2.45, 2.75) is 20.8 Å². The zero-order valence-electron chi connectivity index (χ0n) is 17.0. The Labute approximate surface area is 174 Å². The molecule has 0 atom stereocenters. The van der Waals surface area contributed by atoms with Crippen molar-refractivity contribution in [1.29, 1.82) is 0 Å². The number of para-hydroxylation sites is 1. The van der Waals surface area contributed by atoms with Crippen LogP contribution in [0.15, 0.2) is 46.9 Å². The SMILES string of the molecule is Cc1cc(-c2ccc(C(=O)N(C)c3c(C)cccc3OS(N)(=O)=O)o2)cc(C)c1O. The number of benzene rings is 2. The number of phenolic OH excluding ortho intramolecular Hbond substituents is 1. The lowest BCUT2D eigenvalue weighted by Gasteiger charge is -2.21. The van der Waals surface area contributed by atoms with Crippen LogP contribution in [0.5, 0.6) is 11.5 Å². The van der Waals surface area contributed by atoms with Crippen LogP contribution in [0.25, 0.3) is 11.3 Å². The minimum atomic E-state index is -4.27. The molecule has 3 N–H and O–H groups in total. The van der Waals surface area contributed by atoms with Crippen LogP contribution >= 0.6 is 0 Å². The van der Waals surface area contributed by atoms with Gasteiger partial charge in [-0.2, -0.15) is 13.6 Å². The number of furan rings is 1. The number of anilines is 1. The predicted octanol–water partition coefficient (Wildman–Crippen LogP) is 3.44. The van der Waals surface area contributed by atoms with Crippen LogP contribution in [0.4, 0.5) is 5.69 Å².